The molecule has 0 N–H and O–H groups in total. The number of imidazole rings is 1. The molecule has 7 heteroatoms. The average molecular weight is 307 g/mol. The van der Waals surface area contributed by atoms with Gasteiger partial charge in [-0.2, -0.15) is 0 Å². The average Bonchev–Trinajstić information content (AvgIpc) is 3.15. The van der Waals surface area contributed by atoms with Crippen LogP contribution in [0.25, 0.3) is 11.2 Å². The molecular weight excluding hydrogens is 290 g/mol. The highest BCUT2D eigenvalue weighted by Gasteiger charge is 2.35. The van der Waals surface area contributed by atoms with E-state index in [9.17, 15) is 8.42 Å². The molecule has 4 rings (SSSR count). The number of pyridine rings is 1. The minimum absolute atomic E-state index is 0.0233. The van der Waals surface area contributed by atoms with E-state index in [1.54, 1.807) is 6.20 Å². The van der Waals surface area contributed by atoms with Gasteiger partial charge in [0.2, 0.25) is 0 Å². The molecule has 2 atom stereocenters. The van der Waals surface area contributed by atoms with Crippen LogP contribution in [0, 0.1) is 0 Å². The Balaban J connectivity index is 1.85. The number of hydrogen-bond donors (Lipinski definition) is 0. The van der Waals surface area contributed by atoms with E-state index in [0.29, 0.717) is 13.0 Å². The summed E-state index contributed by atoms with van der Waals surface area (Å²) in [6.07, 6.45) is 3.33. The van der Waals surface area contributed by atoms with Crippen LogP contribution in [0.5, 0.6) is 0 Å². The molecule has 2 aliphatic rings. The molecular formula is C14H17N3O3S. The van der Waals surface area contributed by atoms with Gasteiger partial charge in [-0.05, 0) is 25.0 Å². The number of hydrogen-bond acceptors (Lipinski definition) is 5. The molecule has 0 bridgehead atoms. The molecule has 2 aliphatic heterocycles. The van der Waals surface area contributed by atoms with E-state index in [4.69, 9.17) is 4.74 Å². The highest BCUT2D eigenvalue weighted by Crippen LogP contribution is 2.34. The summed E-state index contributed by atoms with van der Waals surface area (Å²) in [6.45, 7) is 1.38. The van der Waals surface area contributed by atoms with Gasteiger partial charge in [-0.25, -0.2) is 18.4 Å². The normalized spacial score (nSPS) is 28.4. The molecule has 6 nitrogen and oxygen atoms in total. The molecule has 2 fully saturated rings. The number of ether oxygens (including phenoxy) is 1. The van der Waals surface area contributed by atoms with E-state index in [1.165, 1.54) is 0 Å². The van der Waals surface area contributed by atoms with Gasteiger partial charge in [0, 0.05) is 18.7 Å². The summed E-state index contributed by atoms with van der Waals surface area (Å²) in [5, 5.41) is 0. The highest BCUT2D eigenvalue weighted by atomic mass is 32.2. The first-order valence-electron chi connectivity index (χ1n) is 7.25. The van der Waals surface area contributed by atoms with Gasteiger partial charge >= 0.3 is 0 Å². The Hall–Kier alpha value is -1.47. The van der Waals surface area contributed by atoms with Crippen LogP contribution >= 0.6 is 0 Å². The first kappa shape index (κ1) is 13.2. The fourth-order valence-corrected chi connectivity index (χ4v) is 5.06. The molecule has 21 heavy (non-hydrogen) atoms. The van der Waals surface area contributed by atoms with Gasteiger partial charge in [0.15, 0.2) is 15.5 Å². The monoisotopic (exact) mass is 307 g/mol. The van der Waals surface area contributed by atoms with Crippen molar-refractivity contribution < 1.29 is 13.2 Å². The van der Waals surface area contributed by atoms with E-state index in [-0.39, 0.29) is 23.5 Å². The fraction of sp³-hybridized carbons (Fsp3) is 0.571. The Morgan fingerprint density at radius 1 is 1.33 bits per heavy atom. The van der Waals surface area contributed by atoms with Crippen molar-refractivity contribution in [3.63, 3.8) is 0 Å². The first-order valence-corrected chi connectivity index (χ1v) is 9.07. The molecule has 112 valence electrons. The second-order valence-corrected chi connectivity index (χ2v) is 8.03. The molecule has 2 saturated heterocycles. The van der Waals surface area contributed by atoms with E-state index in [0.717, 1.165) is 30.0 Å². The minimum Gasteiger partial charge on any atom is -0.379 e. The summed E-state index contributed by atoms with van der Waals surface area (Å²) < 4.78 is 31.2. The summed E-state index contributed by atoms with van der Waals surface area (Å²) >= 11 is 0. The van der Waals surface area contributed by atoms with Crippen LogP contribution in [0.1, 0.15) is 30.6 Å². The molecule has 2 unspecified atom stereocenters. The quantitative estimate of drug-likeness (QED) is 0.836. The third-order valence-electron chi connectivity index (χ3n) is 4.34. The lowest BCUT2D eigenvalue weighted by Gasteiger charge is -2.17. The maximum Gasteiger partial charge on any atom is 0.160 e. The summed E-state index contributed by atoms with van der Waals surface area (Å²) in [6, 6.07) is 4.00. The standard InChI is InChI=1S/C14H17N3O3S/c18-21(19)7-4-10(9-21)13-16-12-2-1-5-15-14(12)17(13)11-3-6-20-8-11/h1-2,5,10-11H,3-4,6-9H2. The van der Waals surface area contributed by atoms with E-state index in [2.05, 4.69) is 14.5 Å². The van der Waals surface area contributed by atoms with Crippen molar-refractivity contribution in [1.29, 1.82) is 0 Å². The van der Waals surface area contributed by atoms with Gasteiger partial charge in [0.1, 0.15) is 11.3 Å². The van der Waals surface area contributed by atoms with E-state index < -0.39 is 9.84 Å². The zero-order valence-electron chi connectivity index (χ0n) is 11.6. The van der Waals surface area contributed by atoms with Crippen molar-refractivity contribution in [3.05, 3.63) is 24.2 Å². The Labute approximate surface area is 123 Å². The van der Waals surface area contributed by atoms with Crippen LogP contribution in [0.3, 0.4) is 0 Å². The predicted octanol–water partition coefficient (Wildman–Crippen LogP) is 1.29. The number of fused-ring (bicyclic) bond motifs is 1. The largest absolute Gasteiger partial charge is 0.379 e. The molecule has 2 aromatic rings. The molecule has 0 spiro atoms. The van der Waals surface area contributed by atoms with Crippen LogP contribution in [0.15, 0.2) is 18.3 Å². The van der Waals surface area contributed by atoms with Crippen molar-refractivity contribution in [2.24, 2.45) is 0 Å². The third kappa shape index (κ3) is 2.24. The van der Waals surface area contributed by atoms with Crippen LogP contribution < -0.4 is 0 Å². The Morgan fingerprint density at radius 3 is 2.95 bits per heavy atom. The second-order valence-electron chi connectivity index (χ2n) is 5.80. The zero-order valence-corrected chi connectivity index (χ0v) is 12.4. The fourth-order valence-electron chi connectivity index (χ4n) is 3.32. The van der Waals surface area contributed by atoms with Crippen molar-refractivity contribution >= 4 is 21.0 Å². The minimum atomic E-state index is -2.93. The second kappa shape index (κ2) is 4.78. The molecule has 0 aliphatic carbocycles. The Bertz CT molecular complexity index is 778. The van der Waals surface area contributed by atoms with Crippen LogP contribution in [-0.4, -0.2) is 47.7 Å². The van der Waals surface area contributed by atoms with Crippen molar-refractivity contribution in [1.82, 2.24) is 14.5 Å². The summed E-state index contributed by atoms with van der Waals surface area (Å²) in [7, 11) is -2.93. The topological polar surface area (TPSA) is 74.1 Å². The highest BCUT2D eigenvalue weighted by molar-refractivity contribution is 7.91. The Kier molecular flexibility index (Phi) is 3.00. The van der Waals surface area contributed by atoms with E-state index >= 15 is 0 Å². The zero-order chi connectivity index (χ0) is 14.4. The predicted molar refractivity (Wildman–Crippen MR) is 78.0 cm³/mol. The molecule has 0 amide bonds. The van der Waals surface area contributed by atoms with Gasteiger partial charge in [-0.15, -0.1) is 0 Å². The third-order valence-corrected chi connectivity index (χ3v) is 6.11. The van der Waals surface area contributed by atoms with Gasteiger partial charge in [0.25, 0.3) is 0 Å². The molecule has 0 aromatic carbocycles. The summed E-state index contributed by atoms with van der Waals surface area (Å²) in [4.78, 5) is 9.13. The Morgan fingerprint density at radius 2 is 2.24 bits per heavy atom. The number of aromatic nitrogens is 3. The van der Waals surface area contributed by atoms with Crippen LogP contribution in [0.2, 0.25) is 0 Å². The number of sulfone groups is 1. The molecule has 0 radical (unpaired) electrons. The van der Waals surface area contributed by atoms with Gasteiger partial charge in [0.05, 0.1) is 24.2 Å². The van der Waals surface area contributed by atoms with E-state index in [1.807, 2.05) is 12.1 Å². The van der Waals surface area contributed by atoms with Gasteiger partial charge < -0.3 is 9.30 Å². The van der Waals surface area contributed by atoms with Crippen LogP contribution in [-0.2, 0) is 14.6 Å². The van der Waals surface area contributed by atoms with Crippen LogP contribution in [0.4, 0.5) is 0 Å². The SMILES string of the molecule is O=S1(=O)CCC(c2nc3cccnc3n2C2CCOC2)C1. The van der Waals surface area contributed by atoms with Gasteiger partial charge in [-0.3, -0.25) is 0 Å². The summed E-state index contributed by atoms with van der Waals surface area (Å²) in [5.41, 5.74) is 1.68. The first-order chi connectivity index (χ1) is 10.1. The number of nitrogens with zero attached hydrogens (tertiary/aromatic N) is 3. The maximum atomic E-state index is 11.8. The molecule has 0 saturated carbocycles. The molecule has 2 aromatic heterocycles. The smallest absolute Gasteiger partial charge is 0.160 e. The lowest BCUT2D eigenvalue weighted by molar-refractivity contribution is 0.186. The molecule has 4 heterocycles. The lowest BCUT2D eigenvalue weighted by atomic mass is 10.1. The maximum absolute atomic E-state index is 11.8. The van der Waals surface area contributed by atoms with Crippen molar-refractivity contribution in [2.75, 3.05) is 24.7 Å². The summed E-state index contributed by atoms with van der Waals surface area (Å²) in [5.74, 6) is 1.30. The van der Waals surface area contributed by atoms with Crippen molar-refractivity contribution in [2.45, 2.75) is 24.8 Å². The number of rotatable bonds is 2. The lowest BCUT2D eigenvalue weighted by Crippen LogP contribution is -2.16. The van der Waals surface area contributed by atoms with Crippen molar-refractivity contribution in [3.8, 4) is 0 Å². The van der Waals surface area contributed by atoms with Gasteiger partial charge in [-0.1, -0.05) is 0 Å².